The smallest absolute Gasteiger partial charge is 0.273 e. The average Bonchev–Trinajstić information content (AvgIpc) is 3.20. The topological polar surface area (TPSA) is 131 Å². The number of carbonyl (C=O) groups is 3. The Hall–Kier alpha value is -3.50. The maximum absolute atomic E-state index is 15.0. The summed E-state index contributed by atoms with van der Waals surface area (Å²) >= 11 is 6.69. The molecule has 3 rings (SSSR count). The molecule has 35 heavy (non-hydrogen) atoms. The molecule has 8 nitrogen and oxygen atoms in total. The highest BCUT2D eigenvalue weighted by Gasteiger charge is 2.37. The van der Waals surface area contributed by atoms with Crippen LogP contribution in [0.15, 0.2) is 48.5 Å². The number of para-hydroxylation sites is 1. The fourth-order valence-corrected chi connectivity index (χ4v) is 4.26. The molecule has 1 aromatic heterocycles. The van der Waals surface area contributed by atoms with Crippen LogP contribution in [0.5, 0.6) is 0 Å². The number of benzene rings is 2. The molecular formula is C24H25ClFN5O3S. The Morgan fingerprint density at radius 2 is 1.80 bits per heavy atom. The summed E-state index contributed by atoms with van der Waals surface area (Å²) < 4.78 is 18.9. The van der Waals surface area contributed by atoms with E-state index in [0.29, 0.717) is 41.0 Å². The highest BCUT2D eigenvalue weighted by Crippen LogP contribution is 2.34. The Labute approximate surface area is 211 Å². The first-order chi connectivity index (χ1) is 16.6. The van der Waals surface area contributed by atoms with Gasteiger partial charge in [0, 0.05) is 11.6 Å². The number of halogens is 2. The van der Waals surface area contributed by atoms with Crippen LogP contribution in [0.1, 0.15) is 52.0 Å². The van der Waals surface area contributed by atoms with E-state index in [9.17, 15) is 14.4 Å². The van der Waals surface area contributed by atoms with E-state index in [2.05, 4.69) is 9.69 Å². The van der Waals surface area contributed by atoms with Crippen LogP contribution in [0.4, 0.5) is 15.8 Å². The number of nitrogen functional groups attached to an aromatic ring is 1. The molecule has 184 valence electrons. The second kappa shape index (κ2) is 11.3. The molecule has 2 aromatic carbocycles. The lowest BCUT2D eigenvalue weighted by Gasteiger charge is -2.31. The number of nitrogens with zero attached hydrogens (tertiary/aromatic N) is 2. The number of nitrogens with one attached hydrogen (secondary N) is 1. The number of hydrogen-bond acceptors (Lipinski definition) is 6. The van der Waals surface area contributed by atoms with Gasteiger partial charge in [-0.05, 0) is 53.7 Å². The van der Waals surface area contributed by atoms with Crippen LogP contribution in [-0.4, -0.2) is 28.6 Å². The van der Waals surface area contributed by atoms with E-state index in [-0.39, 0.29) is 21.9 Å². The van der Waals surface area contributed by atoms with Gasteiger partial charge in [-0.2, -0.15) is 4.37 Å². The van der Waals surface area contributed by atoms with Gasteiger partial charge in [-0.15, -0.1) is 0 Å². The highest BCUT2D eigenvalue weighted by atomic mass is 35.5. The molecule has 0 spiro atoms. The zero-order valence-corrected chi connectivity index (χ0v) is 20.7. The Bertz CT molecular complexity index is 1230. The van der Waals surface area contributed by atoms with Crippen molar-refractivity contribution < 1.29 is 18.8 Å². The van der Waals surface area contributed by atoms with E-state index < -0.39 is 29.6 Å². The van der Waals surface area contributed by atoms with Crippen molar-refractivity contribution in [2.24, 2.45) is 11.7 Å². The molecular weight excluding hydrogens is 493 g/mol. The van der Waals surface area contributed by atoms with Crippen molar-refractivity contribution in [1.82, 2.24) is 9.69 Å². The number of aromatic nitrogens is 1. The van der Waals surface area contributed by atoms with Gasteiger partial charge in [0.15, 0.2) is 5.69 Å². The van der Waals surface area contributed by atoms with Crippen LogP contribution in [0.25, 0.3) is 0 Å². The summed E-state index contributed by atoms with van der Waals surface area (Å²) in [5.41, 5.74) is 11.0. The van der Waals surface area contributed by atoms with Crippen LogP contribution < -0.4 is 21.7 Å². The Morgan fingerprint density at radius 3 is 2.37 bits per heavy atom. The standard InChI is InChI=1S/C24H25ClFN5O3S/c1-13(2)11-12-29-23(33)20(14-7-9-15(25)10-8-14)31(17-6-4-3-5-16(17)26)24(34)21-18(27)19(22(28)32)30-35-21/h3-10,13,20H,11-12,27H2,1-2H3,(H2,28,32)(H,29,33). The Balaban J connectivity index is 2.17. The first-order valence-corrected chi connectivity index (χ1v) is 11.9. The Kier molecular flexibility index (Phi) is 8.42. The monoisotopic (exact) mass is 517 g/mol. The van der Waals surface area contributed by atoms with Crippen LogP contribution in [-0.2, 0) is 4.79 Å². The van der Waals surface area contributed by atoms with Gasteiger partial charge in [-0.1, -0.05) is 49.7 Å². The van der Waals surface area contributed by atoms with Crippen LogP contribution in [0.2, 0.25) is 5.02 Å². The van der Waals surface area contributed by atoms with Gasteiger partial charge in [0.1, 0.15) is 16.7 Å². The molecule has 11 heteroatoms. The molecule has 3 amide bonds. The molecule has 0 saturated heterocycles. The van der Waals surface area contributed by atoms with Crippen molar-refractivity contribution in [1.29, 1.82) is 0 Å². The summed E-state index contributed by atoms with van der Waals surface area (Å²) in [4.78, 5) is 39.8. The van der Waals surface area contributed by atoms with E-state index in [0.717, 1.165) is 4.90 Å². The van der Waals surface area contributed by atoms with Gasteiger partial charge in [0.05, 0.1) is 11.4 Å². The van der Waals surface area contributed by atoms with Crippen molar-refractivity contribution in [2.45, 2.75) is 26.3 Å². The number of carbonyl (C=O) groups excluding carboxylic acids is 3. The number of amides is 3. The van der Waals surface area contributed by atoms with Crippen molar-refractivity contribution >= 4 is 52.2 Å². The first-order valence-electron chi connectivity index (χ1n) is 10.8. The van der Waals surface area contributed by atoms with Gasteiger partial charge < -0.3 is 16.8 Å². The summed E-state index contributed by atoms with van der Waals surface area (Å²) in [6, 6.07) is 10.6. The molecule has 0 aliphatic carbocycles. The second-order valence-electron chi connectivity index (χ2n) is 8.19. The number of nitrogens with two attached hydrogens (primary N) is 2. The van der Waals surface area contributed by atoms with Crippen molar-refractivity contribution in [2.75, 3.05) is 17.2 Å². The lowest BCUT2D eigenvalue weighted by Crippen LogP contribution is -2.44. The summed E-state index contributed by atoms with van der Waals surface area (Å²) in [7, 11) is 0. The predicted octanol–water partition coefficient (Wildman–Crippen LogP) is 4.17. The summed E-state index contributed by atoms with van der Waals surface area (Å²) in [5.74, 6) is -2.64. The van der Waals surface area contributed by atoms with Crippen LogP contribution in [0, 0.1) is 11.7 Å². The molecule has 0 radical (unpaired) electrons. The normalized spacial score (nSPS) is 11.8. The van der Waals surface area contributed by atoms with E-state index in [1.54, 1.807) is 30.3 Å². The van der Waals surface area contributed by atoms with E-state index >= 15 is 4.39 Å². The molecule has 5 N–H and O–H groups in total. The predicted molar refractivity (Wildman–Crippen MR) is 135 cm³/mol. The number of primary amides is 1. The fraction of sp³-hybridized carbons (Fsp3) is 0.250. The third-order valence-electron chi connectivity index (χ3n) is 5.20. The van der Waals surface area contributed by atoms with Gasteiger partial charge in [-0.25, -0.2) is 4.39 Å². The lowest BCUT2D eigenvalue weighted by atomic mass is 10.0. The quantitative estimate of drug-likeness (QED) is 0.392. The maximum atomic E-state index is 15.0. The molecule has 1 heterocycles. The SMILES string of the molecule is CC(C)CCNC(=O)C(c1ccc(Cl)cc1)N(C(=O)c1snc(C(N)=O)c1N)c1ccccc1F. The van der Waals surface area contributed by atoms with E-state index in [1.165, 1.54) is 18.2 Å². The summed E-state index contributed by atoms with van der Waals surface area (Å²) in [5, 5.41) is 3.26. The minimum absolute atomic E-state index is 0.143. The third kappa shape index (κ3) is 5.95. The first kappa shape index (κ1) is 26.1. The average molecular weight is 518 g/mol. The highest BCUT2D eigenvalue weighted by molar-refractivity contribution is 7.09. The molecule has 0 aliphatic heterocycles. The van der Waals surface area contributed by atoms with E-state index in [4.69, 9.17) is 23.1 Å². The van der Waals surface area contributed by atoms with Gasteiger partial charge >= 0.3 is 0 Å². The molecule has 0 saturated carbocycles. The molecule has 1 unspecified atom stereocenters. The largest absolute Gasteiger partial charge is 0.395 e. The van der Waals surface area contributed by atoms with Crippen LogP contribution in [0.3, 0.4) is 0 Å². The second-order valence-corrected chi connectivity index (χ2v) is 9.40. The molecule has 0 fully saturated rings. The number of hydrogen-bond donors (Lipinski definition) is 3. The zero-order valence-electron chi connectivity index (χ0n) is 19.1. The minimum Gasteiger partial charge on any atom is -0.395 e. The van der Waals surface area contributed by atoms with E-state index in [1.807, 2.05) is 13.8 Å². The lowest BCUT2D eigenvalue weighted by molar-refractivity contribution is -0.122. The van der Waals surface area contributed by atoms with Crippen molar-refractivity contribution in [3.05, 3.63) is 75.5 Å². The number of rotatable bonds is 9. The summed E-state index contributed by atoms with van der Waals surface area (Å²) in [6.45, 7) is 4.39. The minimum atomic E-state index is -1.28. The van der Waals surface area contributed by atoms with Gasteiger partial charge in [0.25, 0.3) is 11.8 Å². The van der Waals surface area contributed by atoms with Crippen molar-refractivity contribution in [3.63, 3.8) is 0 Å². The van der Waals surface area contributed by atoms with Crippen molar-refractivity contribution in [3.8, 4) is 0 Å². The van der Waals surface area contributed by atoms with Gasteiger partial charge in [-0.3, -0.25) is 19.3 Å². The van der Waals surface area contributed by atoms with Gasteiger partial charge in [0.2, 0.25) is 5.91 Å². The Morgan fingerprint density at radius 1 is 1.14 bits per heavy atom. The molecule has 1 atom stereocenters. The summed E-state index contributed by atoms with van der Waals surface area (Å²) in [6.07, 6.45) is 0.705. The maximum Gasteiger partial charge on any atom is 0.273 e. The molecule has 0 aliphatic rings. The third-order valence-corrected chi connectivity index (χ3v) is 6.30. The zero-order chi connectivity index (χ0) is 25.7. The molecule has 0 bridgehead atoms. The fourth-order valence-electron chi connectivity index (χ4n) is 3.39. The number of anilines is 2. The van der Waals surface area contributed by atoms with Crippen LogP contribution >= 0.6 is 23.1 Å². The molecule has 3 aromatic rings.